The zero-order valence-electron chi connectivity index (χ0n) is 20.3. The lowest BCUT2D eigenvalue weighted by Gasteiger charge is -2.35. The summed E-state index contributed by atoms with van der Waals surface area (Å²) in [5.41, 5.74) is 0. The van der Waals surface area contributed by atoms with Crippen molar-refractivity contribution in [2.24, 2.45) is 0 Å². The Labute approximate surface area is 194 Å². The van der Waals surface area contributed by atoms with Gasteiger partial charge in [-0.1, -0.05) is 0 Å². The molecule has 1 fully saturated rings. The fraction of sp³-hybridized carbons (Fsp3) is 0.913. The molecule has 190 valence electrons. The molecule has 1 saturated heterocycles. The molecule has 0 aliphatic carbocycles. The Hall–Kier alpha value is -0.780. The van der Waals surface area contributed by atoms with E-state index < -0.39 is 0 Å². The van der Waals surface area contributed by atoms with Crippen LogP contribution in [0.4, 0.5) is 0 Å². The molecule has 0 aromatic heterocycles. The lowest BCUT2D eigenvalue weighted by Crippen LogP contribution is -2.48. The van der Waals surface area contributed by atoms with Crippen LogP contribution in [-0.2, 0) is 37.9 Å². The molecular formula is C23H46NO8+. The zero-order valence-corrected chi connectivity index (χ0v) is 20.3. The van der Waals surface area contributed by atoms with Crippen LogP contribution in [0.15, 0.2) is 12.5 Å². The van der Waals surface area contributed by atoms with E-state index >= 15 is 0 Å². The third kappa shape index (κ3) is 16.8. The van der Waals surface area contributed by atoms with Gasteiger partial charge in [0, 0.05) is 19.6 Å². The van der Waals surface area contributed by atoms with Crippen LogP contribution in [0, 0.1) is 0 Å². The molecule has 0 amide bonds. The maximum Gasteiger partial charge on any atom is 0.136 e. The number of nitrogens with zero attached hydrogens (tertiary/aromatic N) is 1. The van der Waals surface area contributed by atoms with Gasteiger partial charge in [0.1, 0.15) is 32.2 Å². The van der Waals surface area contributed by atoms with Gasteiger partial charge in [-0.25, -0.2) is 0 Å². The van der Waals surface area contributed by atoms with E-state index in [1.54, 1.807) is 6.26 Å². The SMILES string of the molecule is CCOCCC[N+]1(/C=C\OCCOCC)CCOCCOCCOCCOCCOCC1. The van der Waals surface area contributed by atoms with E-state index in [4.69, 9.17) is 37.9 Å². The molecule has 0 saturated carbocycles. The van der Waals surface area contributed by atoms with Crippen molar-refractivity contribution in [3.8, 4) is 0 Å². The first-order chi connectivity index (χ1) is 15.8. The summed E-state index contributed by atoms with van der Waals surface area (Å²) in [7, 11) is 0. The maximum atomic E-state index is 5.85. The van der Waals surface area contributed by atoms with Crippen LogP contribution in [0.5, 0.6) is 0 Å². The lowest BCUT2D eigenvalue weighted by atomic mass is 10.3. The van der Waals surface area contributed by atoms with Crippen molar-refractivity contribution < 1.29 is 42.4 Å². The predicted molar refractivity (Wildman–Crippen MR) is 122 cm³/mol. The first-order valence-corrected chi connectivity index (χ1v) is 12.0. The smallest absolute Gasteiger partial charge is 0.136 e. The van der Waals surface area contributed by atoms with Crippen LogP contribution < -0.4 is 0 Å². The summed E-state index contributed by atoms with van der Waals surface area (Å²) in [4.78, 5) is 0. The van der Waals surface area contributed by atoms with Gasteiger partial charge in [-0.3, -0.25) is 4.48 Å². The van der Waals surface area contributed by atoms with Crippen molar-refractivity contribution in [1.82, 2.24) is 0 Å². The molecule has 9 nitrogen and oxygen atoms in total. The van der Waals surface area contributed by atoms with Gasteiger partial charge in [-0.2, -0.15) is 0 Å². The van der Waals surface area contributed by atoms with Gasteiger partial charge in [-0.15, -0.1) is 0 Å². The topological polar surface area (TPSA) is 73.8 Å². The van der Waals surface area contributed by atoms with Crippen molar-refractivity contribution in [3.05, 3.63) is 12.5 Å². The van der Waals surface area contributed by atoms with Gasteiger partial charge < -0.3 is 37.9 Å². The molecule has 0 unspecified atom stereocenters. The highest BCUT2D eigenvalue weighted by atomic mass is 16.6. The molecule has 0 radical (unpaired) electrons. The van der Waals surface area contributed by atoms with E-state index in [-0.39, 0.29) is 0 Å². The monoisotopic (exact) mass is 464 g/mol. The second-order valence-corrected chi connectivity index (χ2v) is 7.35. The minimum atomic E-state index is 0.536. The van der Waals surface area contributed by atoms with Crippen LogP contribution in [0.2, 0.25) is 0 Å². The van der Waals surface area contributed by atoms with Gasteiger partial charge in [0.25, 0.3) is 0 Å². The van der Waals surface area contributed by atoms with E-state index in [1.165, 1.54) is 0 Å². The quantitative estimate of drug-likeness (QED) is 0.261. The molecule has 0 spiro atoms. The summed E-state index contributed by atoms with van der Waals surface area (Å²) >= 11 is 0. The minimum Gasteiger partial charge on any atom is -0.493 e. The highest BCUT2D eigenvalue weighted by molar-refractivity contribution is 4.66. The lowest BCUT2D eigenvalue weighted by molar-refractivity contribution is -0.881. The third-order valence-electron chi connectivity index (χ3n) is 4.97. The Bertz CT molecular complexity index is 407. The van der Waals surface area contributed by atoms with E-state index in [1.807, 2.05) is 13.8 Å². The third-order valence-corrected chi connectivity index (χ3v) is 4.97. The molecule has 1 rings (SSSR count). The molecule has 0 aromatic carbocycles. The van der Waals surface area contributed by atoms with E-state index in [9.17, 15) is 0 Å². The average Bonchev–Trinajstić information content (AvgIpc) is 2.80. The Kier molecular flexibility index (Phi) is 20.1. The first kappa shape index (κ1) is 29.3. The maximum absolute atomic E-state index is 5.85. The Morgan fingerprint density at radius 2 is 1.09 bits per heavy atom. The summed E-state index contributed by atoms with van der Waals surface area (Å²) in [6.07, 6.45) is 4.86. The van der Waals surface area contributed by atoms with Gasteiger partial charge in [0.05, 0.1) is 85.8 Å². The molecule has 32 heavy (non-hydrogen) atoms. The van der Waals surface area contributed by atoms with Gasteiger partial charge in [0.15, 0.2) is 0 Å². The molecule has 1 heterocycles. The molecule has 0 atom stereocenters. The van der Waals surface area contributed by atoms with Crippen molar-refractivity contribution >= 4 is 0 Å². The fourth-order valence-electron chi connectivity index (χ4n) is 3.15. The van der Waals surface area contributed by atoms with Crippen LogP contribution in [0.3, 0.4) is 0 Å². The molecule has 0 bridgehead atoms. The second-order valence-electron chi connectivity index (χ2n) is 7.35. The molecule has 0 N–H and O–H groups in total. The van der Waals surface area contributed by atoms with Crippen molar-refractivity contribution in [1.29, 1.82) is 0 Å². The largest absolute Gasteiger partial charge is 0.493 e. The van der Waals surface area contributed by atoms with Crippen molar-refractivity contribution in [2.45, 2.75) is 20.3 Å². The summed E-state index contributed by atoms with van der Waals surface area (Å²) in [5, 5.41) is 0. The zero-order chi connectivity index (χ0) is 23.0. The van der Waals surface area contributed by atoms with Crippen LogP contribution in [-0.4, -0.2) is 123 Å². The van der Waals surface area contributed by atoms with Gasteiger partial charge in [0.2, 0.25) is 0 Å². The molecular weight excluding hydrogens is 418 g/mol. The second kappa shape index (κ2) is 22.0. The summed E-state index contributed by atoms with van der Waals surface area (Å²) < 4.78 is 45.6. The summed E-state index contributed by atoms with van der Waals surface area (Å²) in [6.45, 7) is 15.6. The van der Waals surface area contributed by atoms with Gasteiger partial charge in [-0.05, 0) is 13.8 Å². The molecule has 9 heteroatoms. The number of ether oxygens (including phenoxy) is 8. The van der Waals surface area contributed by atoms with E-state index in [0.717, 1.165) is 39.3 Å². The summed E-state index contributed by atoms with van der Waals surface area (Å²) in [5.74, 6) is 0. The normalized spacial score (nSPS) is 20.6. The number of hydrogen-bond acceptors (Lipinski definition) is 8. The van der Waals surface area contributed by atoms with Crippen LogP contribution >= 0.6 is 0 Å². The molecule has 0 aromatic rings. The van der Waals surface area contributed by atoms with Crippen LogP contribution in [0.1, 0.15) is 20.3 Å². The van der Waals surface area contributed by atoms with E-state index in [0.29, 0.717) is 90.4 Å². The average molecular weight is 465 g/mol. The summed E-state index contributed by atoms with van der Waals surface area (Å²) in [6, 6.07) is 0. The molecule has 1 aliphatic heterocycles. The van der Waals surface area contributed by atoms with Crippen LogP contribution in [0.25, 0.3) is 0 Å². The number of rotatable bonds is 11. The Morgan fingerprint density at radius 1 is 0.625 bits per heavy atom. The minimum absolute atomic E-state index is 0.536. The fourth-order valence-corrected chi connectivity index (χ4v) is 3.15. The van der Waals surface area contributed by atoms with E-state index in [2.05, 4.69) is 6.20 Å². The standard InChI is InChI=1S/C23H46NO8/c1-3-25-10-5-6-24(7-11-27-15-14-26-4-2)8-12-28-16-18-30-20-22-32-23-21-31-19-17-29-13-9-24/h7,11H,3-6,8-10,12-23H2,1-2H3/q+1/b11-7-. The van der Waals surface area contributed by atoms with Crippen molar-refractivity contribution in [3.63, 3.8) is 0 Å². The predicted octanol–water partition coefficient (Wildman–Crippen LogP) is 1.85. The number of hydrogen-bond donors (Lipinski definition) is 0. The Balaban J connectivity index is 2.66. The van der Waals surface area contributed by atoms with Gasteiger partial charge >= 0.3 is 0 Å². The molecule has 1 aliphatic rings. The van der Waals surface area contributed by atoms with Crippen molar-refractivity contribution in [2.75, 3.05) is 119 Å². The highest BCUT2D eigenvalue weighted by Crippen LogP contribution is 2.12. The first-order valence-electron chi connectivity index (χ1n) is 12.0. The Morgan fingerprint density at radius 3 is 1.59 bits per heavy atom. The number of quaternary nitrogens is 1. The highest BCUT2D eigenvalue weighted by Gasteiger charge is 2.25.